The summed E-state index contributed by atoms with van der Waals surface area (Å²) in [4.78, 5) is 11.6. The average Bonchev–Trinajstić information content (AvgIpc) is 2.23. The predicted molar refractivity (Wildman–Crippen MR) is 55.4 cm³/mol. The lowest BCUT2D eigenvalue weighted by molar-refractivity contribution is -0.0477. The Labute approximate surface area is 88.7 Å². The van der Waals surface area contributed by atoms with Gasteiger partial charge in [-0.25, -0.2) is 4.79 Å². The van der Waals surface area contributed by atoms with Crippen molar-refractivity contribution in [2.45, 2.75) is 26.1 Å². The van der Waals surface area contributed by atoms with Crippen LogP contribution in [-0.4, -0.2) is 17.2 Å². The first-order valence-electron chi connectivity index (χ1n) is 5.09. The van der Waals surface area contributed by atoms with Gasteiger partial charge in [0.15, 0.2) is 0 Å². The SMILES string of the molecule is CC(C)[C@H]1OC(=O)c2ccccc2[C@H]1O. The zero-order valence-corrected chi connectivity index (χ0v) is 8.81. The van der Waals surface area contributed by atoms with Gasteiger partial charge in [0.2, 0.25) is 0 Å². The highest BCUT2D eigenvalue weighted by molar-refractivity contribution is 5.92. The Bertz CT molecular complexity index is 384. The molecule has 2 atom stereocenters. The average molecular weight is 206 g/mol. The second-order valence-electron chi connectivity index (χ2n) is 4.15. The van der Waals surface area contributed by atoms with Gasteiger partial charge in [-0.3, -0.25) is 0 Å². The summed E-state index contributed by atoms with van der Waals surface area (Å²) < 4.78 is 5.20. The third-order valence-electron chi connectivity index (χ3n) is 2.71. The van der Waals surface area contributed by atoms with Crippen LogP contribution in [0.15, 0.2) is 24.3 Å². The quantitative estimate of drug-likeness (QED) is 0.714. The maximum absolute atomic E-state index is 11.6. The molecule has 1 aliphatic rings. The Kier molecular flexibility index (Phi) is 2.49. The fourth-order valence-corrected chi connectivity index (χ4v) is 1.87. The van der Waals surface area contributed by atoms with E-state index in [1.807, 2.05) is 19.9 Å². The van der Waals surface area contributed by atoms with E-state index < -0.39 is 12.2 Å². The maximum atomic E-state index is 11.6. The Morgan fingerprint density at radius 3 is 2.67 bits per heavy atom. The maximum Gasteiger partial charge on any atom is 0.338 e. The number of rotatable bonds is 1. The third kappa shape index (κ3) is 1.63. The van der Waals surface area contributed by atoms with Crippen LogP contribution in [0.2, 0.25) is 0 Å². The minimum absolute atomic E-state index is 0.109. The molecule has 0 aliphatic carbocycles. The van der Waals surface area contributed by atoms with Crippen molar-refractivity contribution in [1.29, 1.82) is 0 Å². The summed E-state index contributed by atoms with van der Waals surface area (Å²) in [5.41, 5.74) is 1.15. The van der Waals surface area contributed by atoms with Gasteiger partial charge in [0, 0.05) is 0 Å². The summed E-state index contributed by atoms with van der Waals surface area (Å²) in [6, 6.07) is 7.04. The molecular weight excluding hydrogens is 192 g/mol. The Balaban J connectivity index is 2.44. The van der Waals surface area contributed by atoms with Crippen LogP contribution in [0.25, 0.3) is 0 Å². The topological polar surface area (TPSA) is 46.5 Å². The number of esters is 1. The first kappa shape index (κ1) is 10.2. The number of hydrogen-bond donors (Lipinski definition) is 1. The Morgan fingerprint density at radius 2 is 2.00 bits per heavy atom. The smallest absolute Gasteiger partial charge is 0.338 e. The number of hydrogen-bond acceptors (Lipinski definition) is 3. The van der Waals surface area contributed by atoms with Crippen LogP contribution in [0, 0.1) is 5.92 Å². The number of carbonyl (C=O) groups is 1. The summed E-state index contributed by atoms with van der Waals surface area (Å²) in [5, 5.41) is 10.0. The van der Waals surface area contributed by atoms with Crippen LogP contribution in [0.3, 0.4) is 0 Å². The van der Waals surface area contributed by atoms with Gasteiger partial charge in [0.1, 0.15) is 12.2 Å². The molecule has 0 aromatic heterocycles. The van der Waals surface area contributed by atoms with Gasteiger partial charge in [-0.2, -0.15) is 0 Å². The highest BCUT2D eigenvalue weighted by Gasteiger charge is 2.35. The normalized spacial score (nSPS) is 24.9. The molecule has 0 spiro atoms. The summed E-state index contributed by atoms with van der Waals surface area (Å²) in [6.07, 6.45) is -1.15. The van der Waals surface area contributed by atoms with Gasteiger partial charge in [-0.05, 0) is 17.5 Å². The van der Waals surface area contributed by atoms with E-state index in [-0.39, 0.29) is 11.9 Å². The first-order valence-corrected chi connectivity index (χ1v) is 5.09. The van der Waals surface area contributed by atoms with Crippen LogP contribution in [0.4, 0.5) is 0 Å². The molecule has 1 N–H and O–H groups in total. The number of aliphatic hydroxyl groups is 1. The Morgan fingerprint density at radius 1 is 1.33 bits per heavy atom. The summed E-state index contributed by atoms with van der Waals surface area (Å²) in [7, 11) is 0. The van der Waals surface area contributed by atoms with E-state index in [2.05, 4.69) is 0 Å². The van der Waals surface area contributed by atoms with Crippen LogP contribution >= 0.6 is 0 Å². The summed E-state index contributed by atoms with van der Waals surface area (Å²) in [6.45, 7) is 3.85. The van der Waals surface area contributed by atoms with E-state index in [9.17, 15) is 9.90 Å². The molecule has 1 aliphatic heterocycles. The van der Waals surface area contributed by atoms with E-state index in [1.165, 1.54) is 0 Å². The van der Waals surface area contributed by atoms with E-state index in [0.29, 0.717) is 11.1 Å². The fraction of sp³-hybridized carbons (Fsp3) is 0.417. The van der Waals surface area contributed by atoms with Crippen molar-refractivity contribution in [2.75, 3.05) is 0 Å². The standard InChI is InChI=1S/C12H14O3/c1-7(2)11-10(13)8-5-3-4-6-9(8)12(14)15-11/h3-7,10-11,13H,1-2H3/t10-,11-/m1/s1. The molecule has 80 valence electrons. The van der Waals surface area contributed by atoms with Crippen LogP contribution in [-0.2, 0) is 4.74 Å². The van der Waals surface area contributed by atoms with Gasteiger partial charge in [0.05, 0.1) is 5.56 Å². The van der Waals surface area contributed by atoms with Gasteiger partial charge in [-0.1, -0.05) is 32.0 Å². The molecule has 1 heterocycles. The van der Waals surface area contributed by atoms with Gasteiger partial charge < -0.3 is 9.84 Å². The molecule has 1 aromatic rings. The van der Waals surface area contributed by atoms with Crippen molar-refractivity contribution in [3.63, 3.8) is 0 Å². The van der Waals surface area contributed by atoms with Crippen molar-refractivity contribution >= 4 is 5.97 Å². The molecule has 15 heavy (non-hydrogen) atoms. The van der Waals surface area contributed by atoms with Crippen LogP contribution < -0.4 is 0 Å². The zero-order chi connectivity index (χ0) is 11.0. The number of fused-ring (bicyclic) bond motifs is 1. The Hall–Kier alpha value is -1.35. The van der Waals surface area contributed by atoms with Crippen LogP contribution in [0.5, 0.6) is 0 Å². The molecule has 0 radical (unpaired) electrons. The molecule has 0 saturated carbocycles. The van der Waals surface area contributed by atoms with Crippen molar-refractivity contribution in [3.8, 4) is 0 Å². The predicted octanol–water partition coefficient (Wildman–Crippen LogP) is 1.91. The van der Waals surface area contributed by atoms with E-state index in [1.54, 1.807) is 18.2 Å². The minimum Gasteiger partial charge on any atom is -0.455 e. The van der Waals surface area contributed by atoms with Crippen LogP contribution in [0.1, 0.15) is 35.9 Å². The molecule has 0 amide bonds. The number of aliphatic hydroxyl groups excluding tert-OH is 1. The van der Waals surface area contributed by atoms with E-state index in [4.69, 9.17) is 4.74 Å². The monoisotopic (exact) mass is 206 g/mol. The van der Waals surface area contributed by atoms with Gasteiger partial charge >= 0.3 is 5.97 Å². The lowest BCUT2D eigenvalue weighted by atomic mass is 9.90. The molecule has 0 saturated heterocycles. The largest absolute Gasteiger partial charge is 0.455 e. The van der Waals surface area contributed by atoms with Gasteiger partial charge in [-0.15, -0.1) is 0 Å². The molecule has 0 unspecified atom stereocenters. The second kappa shape index (κ2) is 3.66. The molecular formula is C12H14O3. The third-order valence-corrected chi connectivity index (χ3v) is 2.71. The molecule has 3 heteroatoms. The number of ether oxygens (including phenoxy) is 1. The van der Waals surface area contributed by atoms with Crippen molar-refractivity contribution in [2.24, 2.45) is 5.92 Å². The van der Waals surface area contributed by atoms with Crippen molar-refractivity contribution in [1.82, 2.24) is 0 Å². The summed E-state index contributed by atoms with van der Waals surface area (Å²) in [5.74, 6) is -0.230. The second-order valence-corrected chi connectivity index (χ2v) is 4.15. The lowest BCUT2D eigenvalue weighted by Gasteiger charge is -2.31. The molecule has 0 fully saturated rings. The number of cyclic esters (lactones) is 1. The van der Waals surface area contributed by atoms with E-state index in [0.717, 1.165) is 0 Å². The highest BCUT2D eigenvalue weighted by atomic mass is 16.6. The first-order chi connectivity index (χ1) is 7.11. The molecule has 1 aromatic carbocycles. The zero-order valence-electron chi connectivity index (χ0n) is 8.81. The highest BCUT2D eigenvalue weighted by Crippen LogP contribution is 2.32. The fourth-order valence-electron chi connectivity index (χ4n) is 1.87. The number of carbonyl (C=O) groups excluding carboxylic acids is 1. The molecule has 3 nitrogen and oxygen atoms in total. The van der Waals surface area contributed by atoms with Crippen molar-refractivity contribution < 1.29 is 14.6 Å². The summed E-state index contributed by atoms with van der Waals surface area (Å²) >= 11 is 0. The van der Waals surface area contributed by atoms with Gasteiger partial charge in [0.25, 0.3) is 0 Å². The van der Waals surface area contributed by atoms with Crippen molar-refractivity contribution in [3.05, 3.63) is 35.4 Å². The molecule has 2 rings (SSSR count). The lowest BCUT2D eigenvalue weighted by Crippen LogP contribution is -2.35. The number of benzene rings is 1. The minimum atomic E-state index is -0.709. The van der Waals surface area contributed by atoms with E-state index >= 15 is 0 Å². The molecule has 0 bridgehead atoms.